The van der Waals surface area contributed by atoms with E-state index in [9.17, 15) is 9.59 Å². The molecule has 0 heterocycles. The summed E-state index contributed by atoms with van der Waals surface area (Å²) in [5.74, 6) is -1.25. The number of benzene rings is 1. The zero-order chi connectivity index (χ0) is 15.0. The molecule has 0 saturated heterocycles. The fourth-order valence-corrected chi connectivity index (χ4v) is 1.82. The first kappa shape index (κ1) is 16.0. The van der Waals surface area contributed by atoms with Gasteiger partial charge in [0.15, 0.2) is 0 Å². The van der Waals surface area contributed by atoms with Crippen LogP contribution in [0.1, 0.15) is 12.0 Å². The number of para-hydroxylation sites is 1. The highest BCUT2D eigenvalue weighted by Crippen LogP contribution is 2.13. The zero-order valence-electron chi connectivity index (χ0n) is 11.5. The molecule has 1 aromatic carbocycles. The van der Waals surface area contributed by atoms with Crippen molar-refractivity contribution in [1.82, 2.24) is 4.90 Å². The molecule has 110 valence electrons. The van der Waals surface area contributed by atoms with Crippen molar-refractivity contribution in [2.24, 2.45) is 0 Å². The minimum atomic E-state index is -1.03. The van der Waals surface area contributed by atoms with E-state index in [-0.39, 0.29) is 25.4 Å². The van der Waals surface area contributed by atoms with Crippen LogP contribution in [0.25, 0.3) is 0 Å². The Morgan fingerprint density at radius 3 is 2.65 bits per heavy atom. The lowest BCUT2D eigenvalue weighted by atomic mass is 10.1. The monoisotopic (exact) mass is 280 g/mol. The summed E-state index contributed by atoms with van der Waals surface area (Å²) in [5.41, 5.74) is 7.34. The number of hydrogen-bond donors (Lipinski definition) is 2. The van der Waals surface area contributed by atoms with Crippen LogP contribution in [0.15, 0.2) is 24.3 Å². The molecule has 0 aliphatic carbocycles. The molecule has 6 heteroatoms. The van der Waals surface area contributed by atoms with Gasteiger partial charge in [-0.05, 0) is 18.1 Å². The molecule has 20 heavy (non-hydrogen) atoms. The fraction of sp³-hybridized carbons (Fsp3) is 0.429. The molecule has 0 bridgehead atoms. The molecule has 3 N–H and O–H groups in total. The summed E-state index contributed by atoms with van der Waals surface area (Å²) in [4.78, 5) is 24.1. The Hall–Kier alpha value is -2.08. The summed E-state index contributed by atoms with van der Waals surface area (Å²) >= 11 is 0. The normalized spacial score (nSPS) is 10.2. The van der Waals surface area contributed by atoms with E-state index in [4.69, 9.17) is 15.6 Å². The smallest absolute Gasteiger partial charge is 0.323 e. The highest BCUT2D eigenvalue weighted by atomic mass is 16.5. The van der Waals surface area contributed by atoms with Gasteiger partial charge in [-0.2, -0.15) is 0 Å². The summed E-state index contributed by atoms with van der Waals surface area (Å²) in [7, 11) is 1.51. The maximum absolute atomic E-state index is 12.0. The Labute approximate surface area is 118 Å². The number of aliphatic carboxylic acids is 1. The number of aryl methyl sites for hydroxylation is 1. The summed E-state index contributed by atoms with van der Waals surface area (Å²) < 4.78 is 4.88. The molecule has 0 saturated carbocycles. The fourth-order valence-electron chi connectivity index (χ4n) is 1.82. The molecular formula is C14H20N2O4. The van der Waals surface area contributed by atoms with Crippen molar-refractivity contribution < 1.29 is 19.4 Å². The Kier molecular flexibility index (Phi) is 6.52. The number of nitrogens with two attached hydrogens (primary N) is 1. The number of nitrogen functional groups attached to an aromatic ring is 1. The van der Waals surface area contributed by atoms with E-state index in [0.29, 0.717) is 18.7 Å². The first-order valence-electron chi connectivity index (χ1n) is 6.36. The first-order valence-corrected chi connectivity index (χ1v) is 6.36. The van der Waals surface area contributed by atoms with E-state index in [2.05, 4.69) is 0 Å². The number of carbonyl (C=O) groups is 2. The van der Waals surface area contributed by atoms with Crippen LogP contribution in [0.5, 0.6) is 0 Å². The molecule has 1 rings (SSSR count). The van der Waals surface area contributed by atoms with Crippen LogP contribution in [-0.2, 0) is 20.7 Å². The van der Waals surface area contributed by atoms with E-state index in [1.807, 2.05) is 18.2 Å². The number of ether oxygens (including phenoxy) is 1. The molecule has 0 aliphatic heterocycles. The maximum Gasteiger partial charge on any atom is 0.323 e. The van der Waals surface area contributed by atoms with Gasteiger partial charge < -0.3 is 20.5 Å². The van der Waals surface area contributed by atoms with Gasteiger partial charge in [0.1, 0.15) is 6.54 Å². The number of rotatable bonds is 8. The van der Waals surface area contributed by atoms with Crippen molar-refractivity contribution in [3.8, 4) is 0 Å². The van der Waals surface area contributed by atoms with E-state index in [1.165, 1.54) is 12.0 Å². The topological polar surface area (TPSA) is 92.9 Å². The van der Waals surface area contributed by atoms with Gasteiger partial charge in [-0.3, -0.25) is 9.59 Å². The molecule has 1 amide bonds. The summed E-state index contributed by atoms with van der Waals surface area (Å²) in [5, 5.41) is 8.81. The van der Waals surface area contributed by atoms with Gasteiger partial charge in [0.05, 0.1) is 6.61 Å². The second-order valence-corrected chi connectivity index (χ2v) is 4.40. The zero-order valence-corrected chi connectivity index (χ0v) is 11.5. The minimum Gasteiger partial charge on any atom is -0.480 e. The van der Waals surface area contributed by atoms with Crippen LogP contribution < -0.4 is 5.73 Å². The van der Waals surface area contributed by atoms with Gasteiger partial charge in [-0.1, -0.05) is 18.2 Å². The third-order valence-electron chi connectivity index (χ3n) is 2.91. The minimum absolute atomic E-state index is 0.215. The molecule has 0 unspecified atom stereocenters. The van der Waals surface area contributed by atoms with Crippen LogP contribution in [0.2, 0.25) is 0 Å². The summed E-state index contributed by atoms with van der Waals surface area (Å²) in [6, 6.07) is 7.32. The van der Waals surface area contributed by atoms with Gasteiger partial charge in [0.25, 0.3) is 0 Å². The van der Waals surface area contributed by atoms with E-state index in [0.717, 1.165) is 5.56 Å². The van der Waals surface area contributed by atoms with Crippen LogP contribution >= 0.6 is 0 Å². The molecule has 1 aromatic rings. The van der Waals surface area contributed by atoms with Crippen molar-refractivity contribution in [3.05, 3.63) is 29.8 Å². The van der Waals surface area contributed by atoms with Gasteiger partial charge in [0, 0.05) is 25.8 Å². The lowest BCUT2D eigenvalue weighted by Crippen LogP contribution is -2.38. The van der Waals surface area contributed by atoms with Crippen LogP contribution in [0, 0.1) is 0 Å². The Morgan fingerprint density at radius 1 is 1.35 bits per heavy atom. The molecule has 0 aromatic heterocycles. The number of carboxylic acids is 1. The molecule has 0 radical (unpaired) electrons. The number of amides is 1. The standard InChI is InChI=1S/C14H20N2O4/c1-20-9-8-16(10-14(18)19)13(17)7-6-11-4-2-3-5-12(11)15/h2-5H,6-10,15H2,1H3,(H,18,19). The number of nitrogens with zero attached hydrogens (tertiary/aromatic N) is 1. The van der Waals surface area contributed by atoms with Crippen LogP contribution in [-0.4, -0.2) is 48.7 Å². The highest BCUT2D eigenvalue weighted by Gasteiger charge is 2.16. The van der Waals surface area contributed by atoms with Crippen molar-refractivity contribution >= 4 is 17.6 Å². The highest BCUT2D eigenvalue weighted by molar-refractivity contribution is 5.81. The predicted molar refractivity (Wildman–Crippen MR) is 75.3 cm³/mol. The molecule has 6 nitrogen and oxygen atoms in total. The van der Waals surface area contributed by atoms with Crippen LogP contribution in [0.4, 0.5) is 5.69 Å². The summed E-state index contributed by atoms with van der Waals surface area (Å²) in [6.07, 6.45) is 0.722. The SMILES string of the molecule is COCCN(CC(=O)O)C(=O)CCc1ccccc1N. The van der Waals surface area contributed by atoms with Crippen molar-refractivity contribution in [1.29, 1.82) is 0 Å². The van der Waals surface area contributed by atoms with E-state index in [1.54, 1.807) is 6.07 Å². The third kappa shape index (κ3) is 5.27. The quantitative estimate of drug-likeness (QED) is 0.686. The molecule has 0 fully saturated rings. The number of hydrogen-bond acceptors (Lipinski definition) is 4. The average molecular weight is 280 g/mol. The molecular weight excluding hydrogens is 260 g/mol. The summed E-state index contributed by atoms with van der Waals surface area (Å²) in [6.45, 7) is 0.269. The van der Waals surface area contributed by atoms with Gasteiger partial charge in [0.2, 0.25) is 5.91 Å². The Balaban J connectivity index is 2.57. The number of carbonyl (C=O) groups excluding carboxylic acids is 1. The maximum atomic E-state index is 12.0. The Bertz CT molecular complexity index is 462. The number of anilines is 1. The predicted octanol–water partition coefficient (Wildman–Crippen LogP) is 0.761. The number of methoxy groups -OCH3 is 1. The lowest BCUT2D eigenvalue weighted by Gasteiger charge is -2.20. The van der Waals surface area contributed by atoms with E-state index >= 15 is 0 Å². The lowest BCUT2D eigenvalue weighted by molar-refractivity contribution is -0.144. The van der Waals surface area contributed by atoms with Gasteiger partial charge >= 0.3 is 5.97 Å². The molecule has 0 aliphatic rings. The third-order valence-corrected chi connectivity index (χ3v) is 2.91. The largest absolute Gasteiger partial charge is 0.480 e. The second kappa shape index (κ2) is 8.16. The Morgan fingerprint density at radius 2 is 2.05 bits per heavy atom. The van der Waals surface area contributed by atoms with Crippen LogP contribution in [0.3, 0.4) is 0 Å². The van der Waals surface area contributed by atoms with Crippen molar-refractivity contribution in [3.63, 3.8) is 0 Å². The molecule has 0 spiro atoms. The molecule has 0 atom stereocenters. The second-order valence-electron chi connectivity index (χ2n) is 4.40. The van der Waals surface area contributed by atoms with Crippen molar-refractivity contribution in [2.45, 2.75) is 12.8 Å². The van der Waals surface area contributed by atoms with E-state index < -0.39 is 5.97 Å². The average Bonchev–Trinajstić information content (AvgIpc) is 2.41. The van der Waals surface area contributed by atoms with Gasteiger partial charge in [-0.25, -0.2) is 0 Å². The first-order chi connectivity index (χ1) is 9.54. The van der Waals surface area contributed by atoms with Gasteiger partial charge in [-0.15, -0.1) is 0 Å². The number of carboxylic acid groups (broad SMARTS) is 1. The van der Waals surface area contributed by atoms with Crippen molar-refractivity contribution in [2.75, 3.05) is 32.5 Å².